The lowest BCUT2D eigenvalue weighted by Gasteiger charge is -2.20. The molecule has 5 heteroatoms. The molecular weight excluding hydrogens is 328 g/mol. The maximum atomic E-state index is 13.7. The normalized spacial score (nSPS) is 13.2. The zero-order valence-corrected chi connectivity index (χ0v) is 13.9. The Morgan fingerprint density at radius 2 is 1.12 bits per heavy atom. The first-order chi connectivity index (χ1) is 12.8. The Bertz CT molecular complexity index is 869. The van der Waals surface area contributed by atoms with Gasteiger partial charge in [-0.3, -0.25) is 14.8 Å². The lowest BCUT2D eigenvalue weighted by Crippen LogP contribution is -2.22. The highest BCUT2D eigenvalue weighted by Crippen LogP contribution is 2.35. The average Bonchev–Trinajstić information content (AvgIpc) is 3.39. The maximum Gasteiger partial charge on any atom is 0.162 e. The Balaban J connectivity index is 1.83. The Labute approximate surface area is 150 Å². The molecule has 26 heavy (non-hydrogen) atoms. The molecule has 0 amide bonds. The molecule has 0 radical (unpaired) electrons. The smallest absolute Gasteiger partial charge is 0.162 e. The lowest BCUT2D eigenvalue weighted by atomic mass is 9.81. The fourth-order valence-electron chi connectivity index (χ4n) is 3.13. The number of Topliss-reactive ketones (excluding diaryl/α,β-unsaturated/α-hetero) is 1. The van der Waals surface area contributed by atoms with E-state index in [0.717, 1.165) is 11.1 Å². The van der Waals surface area contributed by atoms with E-state index in [2.05, 4.69) is 9.97 Å². The highest BCUT2D eigenvalue weighted by atomic mass is 16.3. The maximum absolute atomic E-state index is 13.7. The summed E-state index contributed by atoms with van der Waals surface area (Å²) in [6, 6.07) is 14.5. The van der Waals surface area contributed by atoms with Gasteiger partial charge in [0.2, 0.25) is 0 Å². The van der Waals surface area contributed by atoms with Gasteiger partial charge < -0.3 is 8.83 Å². The van der Waals surface area contributed by atoms with Crippen LogP contribution in [0.4, 0.5) is 0 Å². The second kappa shape index (κ2) is 7.19. The summed E-state index contributed by atoms with van der Waals surface area (Å²) in [7, 11) is 0. The summed E-state index contributed by atoms with van der Waals surface area (Å²) >= 11 is 0. The quantitative estimate of drug-likeness (QED) is 0.524. The van der Waals surface area contributed by atoms with Crippen LogP contribution in [0.1, 0.15) is 34.5 Å². The van der Waals surface area contributed by atoms with Crippen molar-refractivity contribution in [3.05, 3.63) is 108 Å². The first-order valence-electron chi connectivity index (χ1n) is 8.25. The Morgan fingerprint density at radius 3 is 1.46 bits per heavy atom. The molecule has 0 spiro atoms. The van der Waals surface area contributed by atoms with Crippen LogP contribution >= 0.6 is 0 Å². The van der Waals surface area contributed by atoms with Gasteiger partial charge in [0, 0.05) is 24.8 Å². The van der Waals surface area contributed by atoms with Crippen LogP contribution in [-0.2, 0) is 4.79 Å². The van der Waals surface area contributed by atoms with Gasteiger partial charge in [0.25, 0.3) is 0 Å². The number of carbonyl (C=O) groups excluding carboxylic acids is 1. The molecule has 4 heterocycles. The first-order valence-corrected chi connectivity index (χ1v) is 8.25. The van der Waals surface area contributed by atoms with Crippen LogP contribution in [0, 0.1) is 0 Å². The molecule has 2 atom stereocenters. The molecule has 0 aliphatic rings. The van der Waals surface area contributed by atoms with Crippen LogP contribution in [-0.4, -0.2) is 15.8 Å². The predicted octanol–water partition coefficient (Wildman–Crippen LogP) is 4.20. The fraction of sp³-hybridized carbons (Fsp3) is 0.0952. The summed E-state index contributed by atoms with van der Waals surface area (Å²) in [5, 5.41) is 0. The summed E-state index contributed by atoms with van der Waals surface area (Å²) in [4.78, 5) is 21.8. The number of rotatable bonds is 6. The summed E-state index contributed by atoms with van der Waals surface area (Å²) in [5.41, 5.74) is 1.65. The summed E-state index contributed by atoms with van der Waals surface area (Å²) < 4.78 is 11.2. The van der Waals surface area contributed by atoms with Crippen LogP contribution in [0.3, 0.4) is 0 Å². The van der Waals surface area contributed by atoms with Gasteiger partial charge in [-0.25, -0.2) is 0 Å². The second-order valence-electron chi connectivity index (χ2n) is 5.86. The highest BCUT2D eigenvalue weighted by molar-refractivity contribution is 5.96. The van der Waals surface area contributed by atoms with E-state index in [9.17, 15) is 4.79 Å². The Kier molecular flexibility index (Phi) is 4.43. The van der Waals surface area contributed by atoms with Gasteiger partial charge in [0.15, 0.2) is 5.78 Å². The molecule has 0 aliphatic carbocycles. The lowest BCUT2D eigenvalue weighted by molar-refractivity contribution is -0.120. The van der Waals surface area contributed by atoms with E-state index in [1.807, 2.05) is 36.4 Å². The molecule has 2 unspecified atom stereocenters. The molecule has 0 N–H and O–H groups in total. The molecule has 0 bridgehead atoms. The summed E-state index contributed by atoms with van der Waals surface area (Å²) in [6.45, 7) is 0. The Morgan fingerprint density at radius 1 is 0.692 bits per heavy atom. The molecule has 0 aromatic carbocycles. The molecule has 0 fully saturated rings. The number of aromatic nitrogens is 2. The van der Waals surface area contributed by atoms with Gasteiger partial charge >= 0.3 is 0 Å². The molecule has 4 rings (SSSR count). The van der Waals surface area contributed by atoms with Crippen LogP contribution in [0.15, 0.2) is 94.7 Å². The number of furan rings is 2. The van der Waals surface area contributed by atoms with Crippen molar-refractivity contribution in [2.45, 2.75) is 11.8 Å². The number of nitrogens with zero attached hydrogens (tertiary/aromatic N) is 2. The predicted molar refractivity (Wildman–Crippen MR) is 94.6 cm³/mol. The third-order valence-corrected chi connectivity index (χ3v) is 4.30. The molecule has 4 aromatic heterocycles. The molecule has 128 valence electrons. The van der Waals surface area contributed by atoms with Crippen molar-refractivity contribution < 1.29 is 13.6 Å². The summed E-state index contributed by atoms with van der Waals surface area (Å²) in [5.74, 6) is 0.0263. The molecule has 5 nitrogen and oxygen atoms in total. The largest absolute Gasteiger partial charge is 0.468 e. The van der Waals surface area contributed by atoms with Crippen molar-refractivity contribution in [1.29, 1.82) is 0 Å². The number of carbonyl (C=O) groups is 1. The average molecular weight is 344 g/mol. The van der Waals surface area contributed by atoms with Crippen LogP contribution in [0.5, 0.6) is 0 Å². The van der Waals surface area contributed by atoms with E-state index < -0.39 is 11.8 Å². The van der Waals surface area contributed by atoms with Crippen molar-refractivity contribution in [1.82, 2.24) is 9.97 Å². The van der Waals surface area contributed by atoms with Crippen LogP contribution < -0.4 is 0 Å². The van der Waals surface area contributed by atoms with E-state index in [-0.39, 0.29) is 5.78 Å². The van der Waals surface area contributed by atoms with Crippen molar-refractivity contribution in [2.75, 3.05) is 0 Å². The van der Waals surface area contributed by atoms with Crippen molar-refractivity contribution in [3.63, 3.8) is 0 Å². The van der Waals surface area contributed by atoms with Gasteiger partial charge in [-0.2, -0.15) is 0 Å². The molecule has 0 saturated carbocycles. The molecular formula is C21H16N2O3. The second-order valence-corrected chi connectivity index (χ2v) is 5.86. The zero-order chi connectivity index (χ0) is 17.8. The molecule has 0 aliphatic heterocycles. The van der Waals surface area contributed by atoms with E-state index in [0.29, 0.717) is 11.5 Å². The number of pyridine rings is 2. The van der Waals surface area contributed by atoms with Gasteiger partial charge in [-0.1, -0.05) is 0 Å². The topological polar surface area (TPSA) is 69.1 Å². The van der Waals surface area contributed by atoms with Gasteiger partial charge in [-0.15, -0.1) is 0 Å². The summed E-state index contributed by atoms with van der Waals surface area (Å²) in [6.07, 6.45) is 9.84. The van der Waals surface area contributed by atoms with Crippen molar-refractivity contribution in [3.8, 4) is 0 Å². The molecule has 4 aromatic rings. The monoisotopic (exact) mass is 344 g/mol. The minimum Gasteiger partial charge on any atom is -0.468 e. The van der Waals surface area contributed by atoms with Crippen molar-refractivity contribution in [2.24, 2.45) is 0 Å². The first kappa shape index (κ1) is 16.0. The van der Waals surface area contributed by atoms with E-state index in [1.165, 1.54) is 0 Å². The minimum atomic E-state index is -0.559. The van der Waals surface area contributed by atoms with E-state index in [4.69, 9.17) is 8.83 Å². The van der Waals surface area contributed by atoms with E-state index in [1.54, 1.807) is 49.4 Å². The Hall–Kier alpha value is -3.47. The molecule has 0 saturated heterocycles. The third-order valence-electron chi connectivity index (χ3n) is 4.30. The zero-order valence-electron chi connectivity index (χ0n) is 13.9. The van der Waals surface area contributed by atoms with Gasteiger partial charge in [0.05, 0.1) is 12.5 Å². The number of hydrogen-bond donors (Lipinski definition) is 0. The number of hydrogen-bond acceptors (Lipinski definition) is 5. The standard InChI is InChI=1S/C21H16N2O3/c24-21(19(17-3-1-13-25-17)15-5-9-22-10-6-15)20(18-4-2-14-26-18)16-7-11-23-12-8-16/h1-14,19-20H. The van der Waals surface area contributed by atoms with Crippen LogP contribution in [0.25, 0.3) is 0 Å². The van der Waals surface area contributed by atoms with Gasteiger partial charge in [-0.05, 0) is 59.7 Å². The minimum absolute atomic E-state index is 0.0349. The third kappa shape index (κ3) is 3.07. The van der Waals surface area contributed by atoms with Crippen molar-refractivity contribution >= 4 is 5.78 Å². The van der Waals surface area contributed by atoms with E-state index >= 15 is 0 Å². The SMILES string of the molecule is O=C(C(c1ccncc1)c1ccco1)C(c1ccncc1)c1ccco1. The van der Waals surface area contributed by atoms with Gasteiger partial charge in [0.1, 0.15) is 23.4 Å². The van der Waals surface area contributed by atoms with Crippen LogP contribution in [0.2, 0.25) is 0 Å². The fourth-order valence-corrected chi connectivity index (χ4v) is 3.13. The highest BCUT2D eigenvalue weighted by Gasteiger charge is 2.35. The number of ketones is 1.